The molecule has 1 aromatic carbocycles. The molecule has 1 aromatic rings. The zero-order valence-electron chi connectivity index (χ0n) is 11.3. The molecule has 0 saturated carbocycles. The highest BCUT2D eigenvalue weighted by molar-refractivity contribution is 5.88. The number of hydrogen-bond acceptors (Lipinski definition) is 3. The van der Waals surface area contributed by atoms with E-state index in [1.807, 2.05) is 0 Å². The van der Waals surface area contributed by atoms with Crippen LogP contribution in [0.25, 0.3) is 0 Å². The van der Waals surface area contributed by atoms with Gasteiger partial charge in [-0.2, -0.15) is 0 Å². The highest BCUT2D eigenvalue weighted by atomic mass is 19.1. The summed E-state index contributed by atoms with van der Waals surface area (Å²) in [6.07, 6.45) is 0. The molecule has 1 saturated heterocycles. The maximum absolute atomic E-state index is 13.7. The third-order valence-electron chi connectivity index (χ3n) is 3.72. The van der Waals surface area contributed by atoms with Crippen molar-refractivity contribution in [1.82, 2.24) is 4.90 Å². The number of carboxylic acids is 1. The summed E-state index contributed by atoms with van der Waals surface area (Å²) < 4.78 is 13.7. The summed E-state index contributed by atoms with van der Waals surface area (Å²) in [5.41, 5.74) is 0.481. The monoisotopic (exact) mass is 266 g/mol. The highest BCUT2D eigenvalue weighted by Crippen LogP contribution is 2.22. The standard InChI is InChI=1S/C14H19FN2O2/c1-3-16-6-7-17(9-10(16)2)11-4-5-12(14(18)19)13(15)8-11/h4-5,8,10H,3,6-7,9H2,1-2H3,(H,18,19). The van der Waals surface area contributed by atoms with Gasteiger partial charge >= 0.3 is 5.97 Å². The Labute approximate surface area is 112 Å². The summed E-state index contributed by atoms with van der Waals surface area (Å²) in [7, 11) is 0. The smallest absolute Gasteiger partial charge is 0.338 e. The zero-order valence-corrected chi connectivity index (χ0v) is 11.3. The van der Waals surface area contributed by atoms with Crippen LogP contribution < -0.4 is 4.90 Å². The lowest BCUT2D eigenvalue weighted by atomic mass is 10.1. The summed E-state index contributed by atoms with van der Waals surface area (Å²) in [5.74, 6) is -1.90. The average Bonchev–Trinajstić information content (AvgIpc) is 2.38. The fraction of sp³-hybridized carbons (Fsp3) is 0.500. The molecular weight excluding hydrogens is 247 g/mol. The minimum Gasteiger partial charge on any atom is -0.478 e. The molecule has 1 heterocycles. The van der Waals surface area contributed by atoms with Gasteiger partial charge in [-0.1, -0.05) is 6.92 Å². The molecule has 0 bridgehead atoms. The van der Waals surface area contributed by atoms with Crippen molar-refractivity contribution in [3.8, 4) is 0 Å². The SMILES string of the molecule is CCN1CCN(c2ccc(C(=O)O)c(F)c2)CC1C. The van der Waals surface area contributed by atoms with E-state index in [1.165, 1.54) is 12.1 Å². The summed E-state index contributed by atoms with van der Waals surface area (Å²) >= 11 is 0. The van der Waals surface area contributed by atoms with Crippen molar-refractivity contribution >= 4 is 11.7 Å². The van der Waals surface area contributed by atoms with Gasteiger partial charge in [0.05, 0.1) is 5.56 Å². The number of anilines is 1. The molecule has 1 N–H and O–H groups in total. The van der Waals surface area contributed by atoms with Crippen molar-refractivity contribution in [2.75, 3.05) is 31.1 Å². The Morgan fingerprint density at radius 2 is 2.21 bits per heavy atom. The fourth-order valence-corrected chi connectivity index (χ4v) is 2.57. The van der Waals surface area contributed by atoms with Gasteiger partial charge < -0.3 is 10.0 Å². The van der Waals surface area contributed by atoms with Gasteiger partial charge in [-0.25, -0.2) is 9.18 Å². The van der Waals surface area contributed by atoms with Gasteiger partial charge in [-0.05, 0) is 31.7 Å². The van der Waals surface area contributed by atoms with Crippen LogP contribution in [-0.4, -0.2) is 48.2 Å². The molecule has 5 heteroatoms. The third-order valence-corrected chi connectivity index (χ3v) is 3.72. The van der Waals surface area contributed by atoms with Gasteiger partial charge in [0.1, 0.15) is 5.82 Å². The van der Waals surface area contributed by atoms with Crippen LogP contribution >= 0.6 is 0 Å². The van der Waals surface area contributed by atoms with Gasteiger partial charge in [0.2, 0.25) is 0 Å². The molecule has 19 heavy (non-hydrogen) atoms. The molecule has 0 spiro atoms. The number of carboxylic acid groups (broad SMARTS) is 1. The number of rotatable bonds is 3. The minimum atomic E-state index is -1.23. The van der Waals surface area contributed by atoms with E-state index in [4.69, 9.17) is 5.11 Å². The van der Waals surface area contributed by atoms with E-state index in [9.17, 15) is 9.18 Å². The van der Waals surface area contributed by atoms with Crippen molar-refractivity contribution in [3.05, 3.63) is 29.6 Å². The van der Waals surface area contributed by atoms with Crippen LogP contribution in [0.5, 0.6) is 0 Å². The maximum atomic E-state index is 13.7. The summed E-state index contributed by atoms with van der Waals surface area (Å²) in [5, 5.41) is 8.82. The Bertz CT molecular complexity index is 479. The second-order valence-corrected chi connectivity index (χ2v) is 4.89. The number of hydrogen-bond donors (Lipinski definition) is 1. The first-order chi connectivity index (χ1) is 9.02. The number of likely N-dealkylation sites (N-methyl/N-ethyl adjacent to an activating group) is 1. The summed E-state index contributed by atoms with van der Waals surface area (Å²) in [6.45, 7) is 7.91. The van der Waals surface area contributed by atoms with Crippen LogP contribution in [0.1, 0.15) is 24.2 Å². The topological polar surface area (TPSA) is 43.8 Å². The second kappa shape index (κ2) is 5.57. The van der Waals surface area contributed by atoms with E-state index in [2.05, 4.69) is 23.6 Å². The molecule has 104 valence electrons. The van der Waals surface area contributed by atoms with Gasteiger partial charge in [-0.15, -0.1) is 0 Å². The largest absolute Gasteiger partial charge is 0.478 e. The molecular formula is C14H19FN2O2. The Kier molecular flexibility index (Phi) is 4.04. The molecule has 0 radical (unpaired) electrons. The van der Waals surface area contributed by atoms with Crippen LogP contribution in [0.3, 0.4) is 0 Å². The molecule has 0 aromatic heterocycles. The van der Waals surface area contributed by atoms with Crippen LogP contribution in [-0.2, 0) is 0 Å². The normalized spacial score (nSPS) is 20.6. The van der Waals surface area contributed by atoms with E-state index in [-0.39, 0.29) is 5.56 Å². The van der Waals surface area contributed by atoms with Crippen LogP contribution in [0.15, 0.2) is 18.2 Å². The zero-order chi connectivity index (χ0) is 14.0. The van der Waals surface area contributed by atoms with E-state index in [1.54, 1.807) is 6.07 Å². The number of aromatic carboxylic acids is 1. The summed E-state index contributed by atoms with van der Waals surface area (Å²) in [4.78, 5) is 15.3. The first-order valence-corrected chi connectivity index (χ1v) is 6.54. The molecule has 4 nitrogen and oxygen atoms in total. The Morgan fingerprint density at radius 1 is 1.47 bits per heavy atom. The van der Waals surface area contributed by atoms with Crippen molar-refractivity contribution < 1.29 is 14.3 Å². The molecule has 1 aliphatic heterocycles. The number of halogens is 1. The van der Waals surface area contributed by atoms with E-state index < -0.39 is 11.8 Å². The van der Waals surface area contributed by atoms with Crippen molar-refractivity contribution in [2.24, 2.45) is 0 Å². The van der Waals surface area contributed by atoms with Crippen molar-refractivity contribution in [3.63, 3.8) is 0 Å². The van der Waals surface area contributed by atoms with E-state index in [0.717, 1.165) is 31.9 Å². The van der Waals surface area contributed by atoms with E-state index in [0.29, 0.717) is 6.04 Å². The fourth-order valence-electron chi connectivity index (χ4n) is 2.57. The van der Waals surface area contributed by atoms with Crippen LogP contribution in [0, 0.1) is 5.82 Å². The lowest BCUT2D eigenvalue weighted by Gasteiger charge is -2.40. The third kappa shape index (κ3) is 2.87. The van der Waals surface area contributed by atoms with Crippen molar-refractivity contribution in [1.29, 1.82) is 0 Å². The number of nitrogens with zero attached hydrogens (tertiary/aromatic N) is 2. The first kappa shape index (κ1) is 13.8. The Morgan fingerprint density at radius 3 is 2.74 bits per heavy atom. The molecule has 1 unspecified atom stereocenters. The molecule has 1 fully saturated rings. The van der Waals surface area contributed by atoms with Crippen LogP contribution in [0.2, 0.25) is 0 Å². The summed E-state index contributed by atoms with van der Waals surface area (Å²) in [6, 6.07) is 4.75. The molecule has 0 aliphatic carbocycles. The predicted octanol–water partition coefficient (Wildman–Crippen LogP) is 2.05. The highest BCUT2D eigenvalue weighted by Gasteiger charge is 2.23. The van der Waals surface area contributed by atoms with E-state index >= 15 is 0 Å². The number of benzene rings is 1. The Hall–Kier alpha value is -1.62. The average molecular weight is 266 g/mol. The lowest BCUT2D eigenvalue weighted by Crippen LogP contribution is -2.51. The first-order valence-electron chi connectivity index (χ1n) is 6.54. The lowest BCUT2D eigenvalue weighted by molar-refractivity contribution is 0.0692. The minimum absolute atomic E-state index is 0.274. The molecule has 1 aliphatic rings. The number of carbonyl (C=O) groups is 1. The van der Waals surface area contributed by atoms with Gasteiger partial charge in [0.25, 0.3) is 0 Å². The van der Waals surface area contributed by atoms with Gasteiger partial charge in [-0.3, -0.25) is 4.90 Å². The maximum Gasteiger partial charge on any atom is 0.338 e. The van der Waals surface area contributed by atoms with Crippen molar-refractivity contribution in [2.45, 2.75) is 19.9 Å². The van der Waals surface area contributed by atoms with Gasteiger partial charge in [0.15, 0.2) is 0 Å². The molecule has 0 amide bonds. The number of piperazine rings is 1. The second-order valence-electron chi connectivity index (χ2n) is 4.89. The quantitative estimate of drug-likeness (QED) is 0.909. The predicted molar refractivity (Wildman–Crippen MR) is 72.3 cm³/mol. The van der Waals surface area contributed by atoms with Crippen LogP contribution in [0.4, 0.5) is 10.1 Å². The van der Waals surface area contributed by atoms with Gasteiger partial charge in [0, 0.05) is 31.4 Å². The molecule has 1 atom stereocenters. The molecule has 2 rings (SSSR count). The Balaban J connectivity index is 2.15.